The maximum absolute atomic E-state index is 13.9. The molecule has 0 aliphatic carbocycles. The average Bonchev–Trinajstić information content (AvgIpc) is 2.65. The third-order valence-corrected chi connectivity index (χ3v) is 3.95. The Hall–Kier alpha value is -1.37. The van der Waals surface area contributed by atoms with Gasteiger partial charge in [-0.1, -0.05) is 22.9 Å². The SMILES string of the molecule is O=c1sc2cc(S)ccc2n1-c1ncc(Cl)cc1F. The van der Waals surface area contributed by atoms with E-state index in [0.29, 0.717) is 5.52 Å². The number of hydrogen-bond acceptors (Lipinski definition) is 4. The summed E-state index contributed by atoms with van der Waals surface area (Å²) in [7, 11) is 0. The van der Waals surface area contributed by atoms with E-state index in [-0.39, 0.29) is 15.7 Å². The minimum Gasteiger partial charge on any atom is -0.256 e. The van der Waals surface area contributed by atoms with Crippen LogP contribution in [0.2, 0.25) is 5.02 Å². The Kier molecular flexibility index (Phi) is 3.08. The van der Waals surface area contributed by atoms with Gasteiger partial charge in [0.1, 0.15) is 0 Å². The Morgan fingerprint density at radius 2 is 2.16 bits per heavy atom. The van der Waals surface area contributed by atoms with Gasteiger partial charge in [-0.3, -0.25) is 4.79 Å². The Bertz CT molecular complexity index is 843. The molecule has 3 aromatic rings. The van der Waals surface area contributed by atoms with Gasteiger partial charge in [-0.25, -0.2) is 13.9 Å². The summed E-state index contributed by atoms with van der Waals surface area (Å²) < 4.78 is 15.8. The molecule has 3 nitrogen and oxygen atoms in total. The molecule has 0 bridgehead atoms. The predicted octanol–water partition coefficient (Wildman–Crippen LogP) is 3.53. The lowest BCUT2D eigenvalue weighted by atomic mass is 10.3. The number of fused-ring (bicyclic) bond motifs is 1. The Morgan fingerprint density at radius 3 is 2.89 bits per heavy atom. The summed E-state index contributed by atoms with van der Waals surface area (Å²) in [5, 5.41) is 0.187. The van der Waals surface area contributed by atoms with Crippen LogP contribution in [0.1, 0.15) is 0 Å². The molecule has 7 heteroatoms. The van der Waals surface area contributed by atoms with Gasteiger partial charge in [-0.05, 0) is 24.3 Å². The zero-order chi connectivity index (χ0) is 13.6. The summed E-state index contributed by atoms with van der Waals surface area (Å²) in [6.07, 6.45) is 1.31. The van der Waals surface area contributed by atoms with E-state index in [1.807, 2.05) is 0 Å². The molecule has 19 heavy (non-hydrogen) atoms. The molecule has 0 aliphatic heterocycles. The van der Waals surface area contributed by atoms with Gasteiger partial charge in [-0.15, -0.1) is 12.6 Å². The van der Waals surface area contributed by atoms with E-state index in [1.165, 1.54) is 10.8 Å². The number of pyridine rings is 1. The maximum atomic E-state index is 13.9. The van der Waals surface area contributed by atoms with Crippen molar-refractivity contribution in [2.75, 3.05) is 0 Å². The standard InChI is InChI=1S/C12H6ClFN2OS2/c13-6-3-8(14)11(15-5-6)16-9-2-1-7(18)4-10(9)19-12(16)17/h1-5,18H. The van der Waals surface area contributed by atoms with E-state index < -0.39 is 5.82 Å². The first kappa shape index (κ1) is 12.7. The van der Waals surface area contributed by atoms with Crippen molar-refractivity contribution in [3.8, 4) is 5.82 Å². The van der Waals surface area contributed by atoms with Crippen molar-refractivity contribution in [1.29, 1.82) is 0 Å². The normalized spacial score (nSPS) is 11.1. The molecular weight excluding hydrogens is 307 g/mol. The lowest BCUT2D eigenvalue weighted by Crippen LogP contribution is -2.13. The Labute approximate surface area is 121 Å². The lowest BCUT2D eigenvalue weighted by molar-refractivity contribution is 0.610. The molecule has 0 saturated heterocycles. The highest BCUT2D eigenvalue weighted by molar-refractivity contribution is 7.80. The molecule has 0 atom stereocenters. The van der Waals surface area contributed by atoms with Crippen molar-refractivity contribution < 1.29 is 4.39 Å². The third kappa shape index (κ3) is 2.16. The van der Waals surface area contributed by atoms with Crippen LogP contribution in [0.4, 0.5) is 4.39 Å². The van der Waals surface area contributed by atoms with Crippen LogP contribution in [-0.2, 0) is 0 Å². The van der Waals surface area contributed by atoms with Crippen LogP contribution in [-0.4, -0.2) is 9.55 Å². The quantitative estimate of drug-likeness (QED) is 0.698. The van der Waals surface area contributed by atoms with Crippen molar-refractivity contribution in [1.82, 2.24) is 9.55 Å². The number of aromatic nitrogens is 2. The monoisotopic (exact) mass is 312 g/mol. The molecule has 2 heterocycles. The van der Waals surface area contributed by atoms with Crippen molar-refractivity contribution in [3.63, 3.8) is 0 Å². The fourth-order valence-corrected chi connectivity index (χ4v) is 3.13. The molecule has 0 amide bonds. The second kappa shape index (κ2) is 4.63. The van der Waals surface area contributed by atoms with Crippen molar-refractivity contribution in [2.24, 2.45) is 0 Å². The van der Waals surface area contributed by atoms with E-state index in [1.54, 1.807) is 18.2 Å². The summed E-state index contributed by atoms with van der Waals surface area (Å²) in [5.74, 6) is -0.684. The van der Waals surface area contributed by atoms with Crippen LogP contribution in [0.5, 0.6) is 0 Å². The van der Waals surface area contributed by atoms with Crippen LogP contribution >= 0.6 is 35.6 Å². The molecule has 2 aromatic heterocycles. The molecular formula is C12H6ClFN2OS2. The van der Waals surface area contributed by atoms with Crippen molar-refractivity contribution in [3.05, 3.63) is 51.0 Å². The lowest BCUT2D eigenvalue weighted by Gasteiger charge is -2.04. The second-order valence-electron chi connectivity index (χ2n) is 3.81. The van der Waals surface area contributed by atoms with Crippen LogP contribution in [0.15, 0.2) is 40.2 Å². The molecule has 0 saturated carbocycles. The summed E-state index contributed by atoms with van der Waals surface area (Å²) in [6, 6.07) is 6.34. The number of thiol groups is 1. The molecule has 0 radical (unpaired) electrons. The summed E-state index contributed by atoms with van der Waals surface area (Å²) in [4.78, 5) is 16.3. The van der Waals surface area contributed by atoms with Gasteiger partial charge in [-0.2, -0.15) is 0 Å². The van der Waals surface area contributed by atoms with E-state index in [4.69, 9.17) is 11.6 Å². The first-order valence-corrected chi connectivity index (χ1v) is 6.86. The topological polar surface area (TPSA) is 34.9 Å². The van der Waals surface area contributed by atoms with Crippen molar-refractivity contribution >= 4 is 45.8 Å². The molecule has 0 unspecified atom stereocenters. The van der Waals surface area contributed by atoms with Gasteiger partial charge in [0.05, 0.1) is 15.2 Å². The number of halogens is 2. The third-order valence-electron chi connectivity index (χ3n) is 2.56. The Morgan fingerprint density at radius 1 is 1.37 bits per heavy atom. The highest BCUT2D eigenvalue weighted by Crippen LogP contribution is 2.24. The number of nitrogens with zero attached hydrogens (tertiary/aromatic N) is 2. The average molecular weight is 313 g/mol. The zero-order valence-electron chi connectivity index (χ0n) is 9.30. The van der Waals surface area contributed by atoms with Crippen LogP contribution in [0.25, 0.3) is 16.0 Å². The summed E-state index contributed by atoms with van der Waals surface area (Å²) >= 11 is 10.9. The van der Waals surface area contributed by atoms with Crippen LogP contribution < -0.4 is 4.87 Å². The predicted molar refractivity (Wildman–Crippen MR) is 77.4 cm³/mol. The van der Waals surface area contributed by atoms with Gasteiger partial charge in [0.15, 0.2) is 11.6 Å². The second-order valence-corrected chi connectivity index (χ2v) is 5.76. The number of rotatable bonds is 1. The molecule has 96 valence electrons. The van der Waals surface area contributed by atoms with Crippen molar-refractivity contribution in [2.45, 2.75) is 4.90 Å². The van der Waals surface area contributed by atoms with Gasteiger partial charge in [0.25, 0.3) is 0 Å². The number of thiazole rings is 1. The first-order chi connectivity index (χ1) is 9.06. The van der Waals surface area contributed by atoms with E-state index in [2.05, 4.69) is 17.6 Å². The minimum absolute atomic E-state index is 0.0486. The van der Waals surface area contributed by atoms with E-state index in [9.17, 15) is 9.18 Å². The van der Waals surface area contributed by atoms with Crippen LogP contribution in [0.3, 0.4) is 0 Å². The van der Waals surface area contributed by atoms with E-state index in [0.717, 1.165) is 27.0 Å². The molecule has 3 rings (SSSR count). The Balaban J connectivity index is 2.36. The zero-order valence-corrected chi connectivity index (χ0v) is 11.8. The fraction of sp³-hybridized carbons (Fsp3) is 0. The number of hydrogen-bond donors (Lipinski definition) is 1. The highest BCUT2D eigenvalue weighted by Gasteiger charge is 2.14. The van der Waals surface area contributed by atoms with Gasteiger partial charge < -0.3 is 0 Å². The molecule has 0 N–H and O–H groups in total. The van der Waals surface area contributed by atoms with Gasteiger partial charge in [0.2, 0.25) is 0 Å². The maximum Gasteiger partial charge on any atom is 0.314 e. The minimum atomic E-state index is -0.635. The molecule has 0 aliphatic rings. The van der Waals surface area contributed by atoms with E-state index >= 15 is 0 Å². The largest absolute Gasteiger partial charge is 0.314 e. The van der Waals surface area contributed by atoms with Gasteiger partial charge in [0, 0.05) is 11.1 Å². The highest BCUT2D eigenvalue weighted by atomic mass is 35.5. The molecule has 0 spiro atoms. The first-order valence-electron chi connectivity index (χ1n) is 5.22. The summed E-state index contributed by atoms with van der Waals surface area (Å²) in [5.41, 5.74) is 0.599. The molecule has 1 aromatic carbocycles. The summed E-state index contributed by atoms with van der Waals surface area (Å²) in [6.45, 7) is 0. The fourth-order valence-electron chi connectivity index (χ4n) is 1.78. The van der Waals surface area contributed by atoms with Gasteiger partial charge >= 0.3 is 4.87 Å². The molecule has 0 fully saturated rings. The van der Waals surface area contributed by atoms with Crippen LogP contribution in [0, 0.1) is 5.82 Å². The number of benzene rings is 1. The smallest absolute Gasteiger partial charge is 0.256 e.